The first kappa shape index (κ1) is 102. The second-order valence-corrected chi connectivity index (χ2v) is 28.8. The molecule has 0 rings (SSSR count). The Morgan fingerprint density at radius 1 is 0.269 bits per heavy atom. The number of hydrogen-bond donors (Lipinski definition) is 3. The smallest absolute Gasteiger partial charge is 0.462 e. The van der Waals surface area contributed by atoms with Crippen LogP contribution in [0.3, 0.4) is 0 Å². The van der Waals surface area contributed by atoms with Gasteiger partial charge in [-0.05, 0) is 173 Å². The van der Waals surface area contributed by atoms with Gasteiger partial charge >= 0.3 is 39.5 Å². The van der Waals surface area contributed by atoms with E-state index in [2.05, 4.69) is 216 Å². The van der Waals surface area contributed by atoms with Gasteiger partial charge in [0.25, 0.3) is 0 Å². The number of aliphatic hydroxyl groups excluding tert-OH is 1. The molecule has 3 N–H and O–H groups in total. The number of carbonyl (C=O) groups excluding carboxylic acids is 4. The predicted octanol–water partition coefficient (Wildman–Crippen LogP) is 23.9. The third kappa shape index (κ3) is 77.8. The maximum atomic E-state index is 13.1. The molecule has 0 aliphatic heterocycles. The van der Waals surface area contributed by atoms with Gasteiger partial charge in [-0.1, -0.05) is 279 Å². The second-order valence-electron chi connectivity index (χ2n) is 25.9. The average molecular weight is 1540 g/mol. The summed E-state index contributed by atoms with van der Waals surface area (Å²) in [6, 6.07) is 0. The molecule has 608 valence electrons. The molecule has 5 atom stereocenters. The number of aliphatic hydroxyl groups is 1. The fourth-order valence-corrected chi connectivity index (χ4v) is 11.3. The van der Waals surface area contributed by atoms with Crippen LogP contribution in [0, 0.1) is 0 Å². The van der Waals surface area contributed by atoms with E-state index in [0.717, 1.165) is 186 Å². The lowest BCUT2D eigenvalue weighted by Crippen LogP contribution is -2.30. The molecule has 5 unspecified atom stereocenters. The highest BCUT2D eigenvalue weighted by atomic mass is 31.2. The Morgan fingerprint density at radius 2 is 0.500 bits per heavy atom. The van der Waals surface area contributed by atoms with Crippen LogP contribution in [0.1, 0.15) is 272 Å². The number of phosphoric ester groups is 2. The largest absolute Gasteiger partial charge is 0.472 e. The maximum Gasteiger partial charge on any atom is 0.472 e. The van der Waals surface area contributed by atoms with Crippen molar-refractivity contribution >= 4 is 39.5 Å². The van der Waals surface area contributed by atoms with Gasteiger partial charge in [-0.2, -0.15) is 0 Å². The molecule has 0 saturated heterocycles. The van der Waals surface area contributed by atoms with Crippen LogP contribution >= 0.6 is 15.6 Å². The Bertz CT molecular complexity index is 2860. The summed E-state index contributed by atoms with van der Waals surface area (Å²) in [6.45, 7) is 4.27. The first-order valence-electron chi connectivity index (χ1n) is 40.3. The maximum absolute atomic E-state index is 13.1. The fourth-order valence-electron chi connectivity index (χ4n) is 9.71. The molecule has 0 saturated carbocycles. The molecule has 0 aliphatic carbocycles. The Labute approximate surface area is 652 Å². The number of carbonyl (C=O) groups is 4. The van der Waals surface area contributed by atoms with Crippen LogP contribution in [0.25, 0.3) is 0 Å². The summed E-state index contributed by atoms with van der Waals surface area (Å²) in [5.74, 6) is -2.38. The number of rotatable bonds is 73. The van der Waals surface area contributed by atoms with E-state index < -0.39 is 97.5 Å². The van der Waals surface area contributed by atoms with Crippen molar-refractivity contribution in [1.29, 1.82) is 0 Å². The first-order valence-corrected chi connectivity index (χ1v) is 43.3. The Kier molecular flexibility index (Phi) is 74.1. The quantitative estimate of drug-likeness (QED) is 0.0169. The van der Waals surface area contributed by atoms with E-state index in [1.54, 1.807) is 0 Å². The molecule has 0 spiro atoms. The van der Waals surface area contributed by atoms with E-state index in [1.165, 1.54) is 0 Å². The monoisotopic (exact) mass is 1540 g/mol. The topological polar surface area (TPSA) is 237 Å². The molecule has 0 aromatic carbocycles. The van der Waals surface area contributed by atoms with Gasteiger partial charge in [0.05, 0.1) is 26.4 Å². The number of hydrogen-bond acceptors (Lipinski definition) is 15. The van der Waals surface area contributed by atoms with E-state index >= 15 is 0 Å². The van der Waals surface area contributed by atoms with E-state index in [9.17, 15) is 43.2 Å². The van der Waals surface area contributed by atoms with Gasteiger partial charge in [0.15, 0.2) is 12.2 Å². The van der Waals surface area contributed by atoms with Gasteiger partial charge in [-0.3, -0.25) is 37.3 Å². The summed E-state index contributed by atoms with van der Waals surface area (Å²) < 4.78 is 68.5. The van der Waals surface area contributed by atoms with Crippen molar-refractivity contribution in [2.45, 2.75) is 290 Å². The summed E-state index contributed by atoms with van der Waals surface area (Å²) in [6.07, 6.45) is 98.2. The van der Waals surface area contributed by atoms with Crippen molar-refractivity contribution in [1.82, 2.24) is 0 Å². The Morgan fingerprint density at radius 3 is 0.806 bits per heavy atom. The minimum atomic E-state index is -5.01. The van der Waals surface area contributed by atoms with Crippen LogP contribution < -0.4 is 0 Å². The molecule has 108 heavy (non-hydrogen) atoms. The summed E-state index contributed by atoms with van der Waals surface area (Å²) in [5.41, 5.74) is 0. The molecule has 17 nitrogen and oxygen atoms in total. The van der Waals surface area contributed by atoms with E-state index in [-0.39, 0.29) is 25.7 Å². The number of ether oxygens (including phenoxy) is 4. The zero-order chi connectivity index (χ0) is 78.9. The van der Waals surface area contributed by atoms with Crippen LogP contribution in [-0.2, 0) is 65.4 Å². The molecular formula is C89H140O17P2. The SMILES string of the molecule is CC/C=C\C/C=C\C/C=C\C/C=C\C/C=C\C/C=C\CCC(=O)OCC(COP(=O)(O)OCC(O)COP(=O)(O)OCC(COC(=O)CCCCC/C=C\C/C=C\C/C=C\C/C=C\C/C=C\CC)OC(=O)CCCCCC/C=C\C/C=C\C/C=C\C/C=C\CC)OC(=O)CCCCCCC/C=C\C/C=C\CCC. The molecule has 0 amide bonds. The lowest BCUT2D eigenvalue weighted by Gasteiger charge is -2.21. The average Bonchev–Trinajstić information content (AvgIpc) is 0.916. The van der Waals surface area contributed by atoms with Crippen molar-refractivity contribution in [2.75, 3.05) is 39.6 Å². The van der Waals surface area contributed by atoms with Crippen molar-refractivity contribution in [3.63, 3.8) is 0 Å². The van der Waals surface area contributed by atoms with Crippen molar-refractivity contribution < 1.29 is 80.2 Å². The van der Waals surface area contributed by atoms with Crippen molar-refractivity contribution in [3.8, 4) is 0 Å². The van der Waals surface area contributed by atoms with Crippen molar-refractivity contribution in [2.24, 2.45) is 0 Å². The molecule has 19 heteroatoms. The standard InChI is InChI=1S/C89H140O17P2/c1-5-9-13-17-21-25-29-33-36-39-41-44-46-50-53-57-61-65-69-73-86(91)99-79-84(105-88(93)75-71-67-63-59-55-49-32-28-24-20-16-12-8-4)81-103-107(95,96)101-77-83(90)78-102-108(97,98)104-82-85(106-89(94)76-72-68-64-60-56-52-48-43-38-35-31-27-23-19-15-11-7-3)80-100-87(92)74-70-66-62-58-54-51-47-45-42-40-37-34-30-26-22-18-14-10-6-2/h9-11,13-16,20-23,25-28,32-38,41-42,44-45,48,50-54,61,65,83-85,90H,5-8,12,17-19,24,29-31,39-40,43,46-47,49,55-60,62-64,66-82H2,1-4H3,(H,95,96)(H,97,98)/b13-9-,14-10-,15-11-,20-16-,25-21-,26-22-,27-23-,32-28-,36-33-,37-34-,38-35-,44-41-,45-42-,52-48-,53-50-,54-51-,65-61-. The summed E-state index contributed by atoms with van der Waals surface area (Å²) in [4.78, 5) is 73.1. The van der Waals surface area contributed by atoms with Crippen LogP contribution in [0.4, 0.5) is 0 Å². The van der Waals surface area contributed by atoms with Gasteiger partial charge < -0.3 is 33.8 Å². The van der Waals surface area contributed by atoms with Gasteiger partial charge in [0.1, 0.15) is 19.3 Å². The van der Waals surface area contributed by atoms with Gasteiger partial charge in [-0.15, -0.1) is 0 Å². The highest BCUT2D eigenvalue weighted by molar-refractivity contribution is 7.47. The molecule has 0 aromatic rings. The lowest BCUT2D eigenvalue weighted by molar-refractivity contribution is -0.161. The number of esters is 4. The minimum Gasteiger partial charge on any atom is -0.462 e. The first-order chi connectivity index (χ1) is 52.7. The molecule has 0 aromatic heterocycles. The molecule has 0 heterocycles. The fraction of sp³-hybridized carbons (Fsp3) is 0.573. The highest BCUT2D eigenvalue weighted by Crippen LogP contribution is 2.45. The highest BCUT2D eigenvalue weighted by Gasteiger charge is 2.30. The van der Waals surface area contributed by atoms with Gasteiger partial charge in [0, 0.05) is 25.7 Å². The summed E-state index contributed by atoms with van der Waals surface area (Å²) in [5, 5.41) is 10.6. The van der Waals surface area contributed by atoms with Crippen LogP contribution in [0.15, 0.2) is 207 Å². The van der Waals surface area contributed by atoms with Crippen LogP contribution in [-0.4, -0.2) is 96.7 Å². The summed E-state index contributed by atoms with van der Waals surface area (Å²) >= 11 is 0. The van der Waals surface area contributed by atoms with Gasteiger partial charge in [-0.25, -0.2) is 9.13 Å². The third-order valence-electron chi connectivity index (χ3n) is 15.7. The summed E-state index contributed by atoms with van der Waals surface area (Å²) in [7, 11) is -10.0. The Balaban J connectivity index is 5.51. The van der Waals surface area contributed by atoms with E-state index in [0.29, 0.717) is 32.1 Å². The molecule has 0 fully saturated rings. The number of allylic oxidation sites excluding steroid dienone is 34. The van der Waals surface area contributed by atoms with E-state index in [1.807, 2.05) is 18.2 Å². The second kappa shape index (κ2) is 78.8. The van der Waals surface area contributed by atoms with Gasteiger partial charge in [0.2, 0.25) is 0 Å². The molecular weight excluding hydrogens is 1400 g/mol. The van der Waals surface area contributed by atoms with E-state index in [4.69, 9.17) is 37.0 Å². The lowest BCUT2D eigenvalue weighted by atomic mass is 10.1. The minimum absolute atomic E-state index is 0.0241. The zero-order valence-electron chi connectivity index (χ0n) is 66.4. The number of phosphoric acid groups is 2. The zero-order valence-corrected chi connectivity index (χ0v) is 68.2. The van der Waals surface area contributed by atoms with Crippen LogP contribution in [0.5, 0.6) is 0 Å². The van der Waals surface area contributed by atoms with Crippen LogP contribution in [0.2, 0.25) is 0 Å². The third-order valence-corrected chi connectivity index (χ3v) is 17.6. The molecule has 0 radical (unpaired) electrons. The molecule has 0 bridgehead atoms. The Hall–Kier alpha value is -6.36. The normalized spacial score (nSPS) is 14.9. The predicted molar refractivity (Wildman–Crippen MR) is 445 cm³/mol. The van der Waals surface area contributed by atoms with Crippen molar-refractivity contribution in [3.05, 3.63) is 207 Å². The number of unbranched alkanes of at least 4 members (excludes halogenated alkanes) is 13. The molecule has 0 aliphatic rings.